The molecule has 0 radical (unpaired) electrons. The molecule has 26 heavy (non-hydrogen) atoms. The molecule has 2 aromatic carbocycles. The second kappa shape index (κ2) is 7.02. The van der Waals surface area contributed by atoms with Crippen molar-refractivity contribution in [2.24, 2.45) is 0 Å². The molecule has 4 rings (SSSR count). The molecular formula is C22H16ClNOS. The van der Waals surface area contributed by atoms with Crippen molar-refractivity contribution in [2.75, 3.05) is 0 Å². The Kier molecular flexibility index (Phi) is 4.58. The third-order valence-corrected chi connectivity index (χ3v) is 5.67. The summed E-state index contributed by atoms with van der Waals surface area (Å²) in [6, 6.07) is 22.2. The van der Waals surface area contributed by atoms with Crippen LogP contribution in [0, 0.1) is 0 Å². The lowest BCUT2D eigenvalue weighted by Gasteiger charge is -2.12. The lowest BCUT2D eigenvalue weighted by molar-refractivity contribution is -0.116. The number of aromatic nitrogens is 1. The molecular weight excluding hydrogens is 362 g/mol. The van der Waals surface area contributed by atoms with Crippen molar-refractivity contribution in [3.05, 3.63) is 76.6 Å². The maximum absolute atomic E-state index is 11.4. The van der Waals surface area contributed by atoms with Gasteiger partial charge in [0.2, 0.25) is 0 Å². The van der Waals surface area contributed by atoms with Crippen molar-refractivity contribution >= 4 is 39.6 Å². The van der Waals surface area contributed by atoms with Crippen molar-refractivity contribution in [2.45, 2.75) is 13.3 Å². The minimum absolute atomic E-state index is 0.154. The number of thiophene rings is 1. The molecule has 2 aromatic heterocycles. The number of para-hydroxylation sites is 1. The van der Waals surface area contributed by atoms with Crippen molar-refractivity contribution in [3.8, 4) is 21.7 Å². The fraction of sp³-hybridized carbons (Fsp3) is 0.0909. The Hall–Kier alpha value is -2.49. The zero-order valence-electron chi connectivity index (χ0n) is 14.2. The third-order valence-electron chi connectivity index (χ3n) is 4.21. The molecule has 0 spiro atoms. The van der Waals surface area contributed by atoms with E-state index in [0.717, 1.165) is 37.5 Å². The highest BCUT2D eigenvalue weighted by Gasteiger charge is 2.17. The highest BCUT2D eigenvalue weighted by atomic mass is 35.5. The van der Waals surface area contributed by atoms with Gasteiger partial charge < -0.3 is 0 Å². The first-order chi connectivity index (χ1) is 12.6. The summed E-state index contributed by atoms with van der Waals surface area (Å²) in [4.78, 5) is 18.2. The molecule has 0 fully saturated rings. The Labute approximate surface area is 161 Å². The first-order valence-corrected chi connectivity index (χ1v) is 9.55. The van der Waals surface area contributed by atoms with E-state index in [9.17, 15) is 4.79 Å². The van der Waals surface area contributed by atoms with Gasteiger partial charge in [-0.2, -0.15) is 0 Å². The minimum Gasteiger partial charge on any atom is -0.300 e. The summed E-state index contributed by atoms with van der Waals surface area (Å²) in [5, 5.41) is 1.68. The van der Waals surface area contributed by atoms with Crippen molar-refractivity contribution in [3.63, 3.8) is 0 Å². The maximum Gasteiger partial charge on any atom is 0.135 e. The lowest BCUT2D eigenvalue weighted by atomic mass is 9.99. The smallest absolute Gasteiger partial charge is 0.135 e. The predicted octanol–water partition coefficient (Wildman–Crippen LogP) is 6.42. The number of nitrogens with zero attached hydrogens (tertiary/aromatic N) is 1. The quantitative estimate of drug-likeness (QED) is 0.411. The normalized spacial score (nSPS) is 11.0. The number of ketones is 1. The molecule has 0 unspecified atom stereocenters. The number of hydrogen-bond donors (Lipinski definition) is 0. The van der Waals surface area contributed by atoms with Crippen LogP contribution in [0.2, 0.25) is 5.02 Å². The van der Waals surface area contributed by atoms with Crippen LogP contribution in [0.1, 0.15) is 11.8 Å². The summed E-state index contributed by atoms with van der Waals surface area (Å²) in [5.41, 5.74) is 3.74. The highest BCUT2D eigenvalue weighted by molar-refractivity contribution is 7.15. The average molecular weight is 378 g/mol. The van der Waals surface area contributed by atoms with Crippen molar-refractivity contribution in [1.29, 1.82) is 0 Å². The number of pyridine rings is 1. The summed E-state index contributed by atoms with van der Waals surface area (Å²) in [6.45, 7) is 1.61. The van der Waals surface area contributed by atoms with Crippen LogP contribution in [0.25, 0.3) is 32.6 Å². The van der Waals surface area contributed by atoms with E-state index < -0.39 is 0 Å². The summed E-state index contributed by atoms with van der Waals surface area (Å²) in [6.07, 6.45) is 0.446. The molecule has 0 aliphatic heterocycles. The second-order valence-electron chi connectivity index (χ2n) is 6.18. The Morgan fingerprint density at radius 3 is 2.50 bits per heavy atom. The second-order valence-corrected chi connectivity index (χ2v) is 7.72. The Morgan fingerprint density at radius 1 is 1.00 bits per heavy atom. The zero-order chi connectivity index (χ0) is 18.1. The molecule has 0 aliphatic rings. The van der Waals surface area contributed by atoms with Crippen LogP contribution in [-0.4, -0.2) is 10.8 Å². The predicted molar refractivity (Wildman–Crippen MR) is 110 cm³/mol. The summed E-state index contributed by atoms with van der Waals surface area (Å²) in [7, 11) is 0. The SMILES string of the molecule is CC(=O)Cc1ccc(-c2nc3ccccc3c(-c3ccccc3)c2Cl)s1. The lowest BCUT2D eigenvalue weighted by Crippen LogP contribution is -1.92. The standard InChI is InChI=1S/C22H16ClNOS/c1-14(25)13-16-11-12-19(26-16)22-21(23)20(15-7-3-2-4-8-15)17-9-5-6-10-18(17)24-22/h2-12H,13H2,1H3. The van der Waals surface area contributed by atoms with Crippen LogP contribution in [0.4, 0.5) is 0 Å². The van der Waals surface area contributed by atoms with Crippen LogP contribution in [0.3, 0.4) is 0 Å². The molecule has 0 amide bonds. The van der Waals surface area contributed by atoms with Crippen LogP contribution in [0.15, 0.2) is 66.7 Å². The van der Waals surface area contributed by atoms with E-state index in [1.807, 2.05) is 48.5 Å². The fourth-order valence-electron chi connectivity index (χ4n) is 3.08. The van der Waals surface area contributed by atoms with Gasteiger partial charge in [-0.25, -0.2) is 4.98 Å². The molecule has 0 atom stereocenters. The Balaban J connectivity index is 1.95. The Morgan fingerprint density at radius 2 is 1.73 bits per heavy atom. The molecule has 2 nitrogen and oxygen atoms in total. The van der Waals surface area contributed by atoms with Crippen LogP contribution < -0.4 is 0 Å². The molecule has 0 aliphatic carbocycles. The van der Waals surface area contributed by atoms with E-state index >= 15 is 0 Å². The first kappa shape index (κ1) is 17.0. The van der Waals surface area contributed by atoms with Gasteiger partial charge in [0.1, 0.15) is 11.5 Å². The molecule has 0 saturated carbocycles. The van der Waals surface area contributed by atoms with Crippen LogP contribution >= 0.6 is 22.9 Å². The van der Waals surface area contributed by atoms with Gasteiger partial charge in [0.15, 0.2) is 0 Å². The number of carbonyl (C=O) groups excluding carboxylic acids is 1. The fourth-order valence-corrected chi connectivity index (χ4v) is 4.57. The van der Waals surface area contributed by atoms with Gasteiger partial charge >= 0.3 is 0 Å². The van der Waals surface area contributed by atoms with Gasteiger partial charge in [-0.15, -0.1) is 11.3 Å². The number of halogens is 1. The number of hydrogen-bond acceptors (Lipinski definition) is 3. The molecule has 0 saturated heterocycles. The summed E-state index contributed by atoms with van der Waals surface area (Å²) in [5.74, 6) is 0.154. The van der Waals surface area contributed by atoms with Crippen molar-refractivity contribution < 1.29 is 4.79 Å². The highest BCUT2D eigenvalue weighted by Crippen LogP contribution is 2.41. The van der Waals surface area contributed by atoms with E-state index in [4.69, 9.17) is 16.6 Å². The Bertz CT molecular complexity index is 1100. The number of rotatable bonds is 4. The van der Waals surface area contributed by atoms with E-state index in [1.54, 1.807) is 18.3 Å². The van der Waals surface area contributed by atoms with E-state index in [2.05, 4.69) is 18.2 Å². The monoisotopic (exact) mass is 377 g/mol. The van der Waals surface area contributed by atoms with Crippen molar-refractivity contribution in [1.82, 2.24) is 4.98 Å². The molecule has 4 aromatic rings. The average Bonchev–Trinajstić information content (AvgIpc) is 3.09. The van der Waals surface area contributed by atoms with E-state index in [1.165, 1.54) is 0 Å². The zero-order valence-corrected chi connectivity index (χ0v) is 15.8. The van der Waals surface area contributed by atoms with Gasteiger partial charge in [-0.1, -0.05) is 60.1 Å². The third kappa shape index (κ3) is 3.16. The number of Topliss-reactive ketones (excluding diaryl/α,β-unsaturated/α-hetero) is 1. The molecule has 0 bridgehead atoms. The summed E-state index contributed by atoms with van der Waals surface area (Å²) >= 11 is 8.42. The number of benzene rings is 2. The summed E-state index contributed by atoms with van der Waals surface area (Å²) < 4.78 is 0. The van der Waals surface area contributed by atoms with Gasteiger partial charge in [-0.05, 0) is 30.7 Å². The van der Waals surface area contributed by atoms with Gasteiger partial charge in [-0.3, -0.25) is 4.79 Å². The maximum atomic E-state index is 11.4. The molecule has 4 heteroatoms. The first-order valence-electron chi connectivity index (χ1n) is 8.35. The van der Waals surface area contributed by atoms with Gasteiger partial charge in [0.05, 0.1) is 15.4 Å². The number of fused-ring (bicyclic) bond motifs is 1. The largest absolute Gasteiger partial charge is 0.300 e. The van der Waals surface area contributed by atoms with Crippen LogP contribution in [-0.2, 0) is 11.2 Å². The molecule has 128 valence electrons. The van der Waals surface area contributed by atoms with Gasteiger partial charge in [0, 0.05) is 22.2 Å². The topological polar surface area (TPSA) is 30.0 Å². The van der Waals surface area contributed by atoms with Gasteiger partial charge in [0.25, 0.3) is 0 Å². The van der Waals surface area contributed by atoms with E-state index in [0.29, 0.717) is 11.4 Å². The minimum atomic E-state index is 0.154. The number of carbonyl (C=O) groups is 1. The molecule has 0 N–H and O–H groups in total. The van der Waals surface area contributed by atoms with Crippen LogP contribution in [0.5, 0.6) is 0 Å². The molecule has 2 heterocycles. The van der Waals surface area contributed by atoms with E-state index in [-0.39, 0.29) is 5.78 Å².